The molecule has 9 nitrogen and oxygen atoms in total. The van der Waals surface area contributed by atoms with Gasteiger partial charge in [-0.3, -0.25) is 9.59 Å². The van der Waals surface area contributed by atoms with E-state index in [9.17, 15) is 14.7 Å². The molecule has 36 heavy (non-hydrogen) atoms. The summed E-state index contributed by atoms with van der Waals surface area (Å²) >= 11 is 0. The van der Waals surface area contributed by atoms with E-state index in [0.717, 1.165) is 13.1 Å². The summed E-state index contributed by atoms with van der Waals surface area (Å²) < 4.78 is 21.9. The zero-order chi connectivity index (χ0) is 25.8. The highest BCUT2D eigenvalue weighted by atomic mass is 16.5. The van der Waals surface area contributed by atoms with Crippen LogP contribution in [-0.4, -0.2) is 82.4 Å². The summed E-state index contributed by atoms with van der Waals surface area (Å²) in [6, 6.07) is 9.66. The highest BCUT2D eigenvalue weighted by Gasteiger charge is 2.47. The lowest BCUT2D eigenvalue weighted by atomic mass is 9.93. The molecule has 0 saturated carbocycles. The number of amides is 1. The number of quaternary nitrogens is 1. The van der Waals surface area contributed by atoms with Crippen LogP contribution in [0.5, 0.6) is 17.2 Å². The fourth-order valence-electron chi connectivity index (χ4n) is 4.92. The fourth-order valence-corrected chi connectivity index (χ4v) is 4.92. The second-order valence-corrected chi connectivity index (χ2v) is 8.87. The predicted molar refractivity (Wildman–Crippen MR) is 133 cm³/mol. The molecular weight excluding hydrogens is 464 g/mol. The van der Waals surface area contributed by atoms with Crippen molar-refractivity contribution in [2.24, 2.45) is 0 Å². The van der Waals surface area contributed by atoms with Crippen LogP contribution in [0.4, 0.5) is 0 Å². The molecule has 2 heterocycles. The van der Waals surface area contributed by atoms with E-state index in [1.165, 1.54) is 24.0 Å². The number of ketones is 1. The van der Waals surface area contributed by atoms with Crippen LogP contribution in [0.2, 0.25) is 0 Å². The maximum Gasteiger partial charge on any atom is 0.295 e. The Labute approximate surface area is 210 Å². The van der Waals surface area contributed by atoms with Gasteiger partial charge in [0.15, 0.2) is 11.5 Å². The summed E-state index contributed by atoms with van der Waals surface area (Å²) in [6.45, 7) is 5.81. The van der Waals surface area contributed by atoms with Crippen molar-refractivity contribution in [3.63, 3.8) is 0 Å². The highest BCUT2D eigenvalue weighted by molar-refractivity contribution is 6.46. The number of rotatable bonds is 8. The first-order valence-electron chi connectivity index (χ1n) is 12.0. The molecule has 2 aliphatic rings. The van der Waals surface area contributed by atoms with Crippen LogP contribution in [0.15, 0.2) is 42.0 Å². The van der Waals surface area contributed by atoms with Crippen LogP contribution < -0.4 is 19.1 Å². The molecule has 0 aromatic heterocycles. The first-order valence-corrected chi connectivity index (χ1v) is 12.0. The van der Waals surface area contributed by atoms with E-state index in [4.69, 9.17) is 18.9 Å². The molecule has 2 N–H and O–H groups in total. The number of carbonyl (C=O) groups excluding carboxylic acids is 2. The Hall–Kier alpha value is -3.56. The first-order chi connectivity index (χ1) is 17.4. The quantitative estimate of drug-likeness (QED) is 0.323. The van der Waals surface area contributed by atoms with Gasteiger partial charge in [0.2, 0.25) is 0 Å². The van der Waals surface area contributed by atoms with Crippen molar-refractivity contribution in [3.05, 3.63) is 58.7 Å². The second-order valence-electron chi connectivity index (χ2n) is 8.87. The largest absolute Gasteiger partial charge is 0.507 e. The number of hydrogen-bond acceptors (Lipinski definition) is 7. The number of carbonyl (C=O) groups is 2. The molecule has 2 aromatic rings. The van der Waals surface area contributed by atoms with E-state index in [0.29, 0.717) is 60.2 Å². The standard InChI is InChI=1S/C27H32N2O7/c1-17-16-18(33-2)8-9-19(17)24(30)22-23(20-6-5-7-21(34-3)26(20)35-4)29(27(32)25(22)31)11-10-28-12-14-36-15-13-28/h5-9,16,23,30H,10-15H2,1-4H3/p+1. The molecule has 4 rings (SSSR count). The monoisotopic (exact) mass is 497 g/mol. The Kier molecular flexibility index (Phi) is 7.81. The lowest BCUT2D eigenvalue weighted by Gasteiger charge is -2.30. The summed E-state index contributed by atoms with van der Waals surface area (Å²) in [5, 5.41) is 11.5. The summed E-state index contributed by atoms with van der Waals surface area (Å²) in [6.07, 6.45) is 0. The van der Waals surface area contributed by atoms with Crippen molar-refractivity contribution in [1.82, 2.24) is 4.90 Å². The summed E-state index contributed by atoms with van der Waals surface area (Å²) in [5.74, 6) is -0.0959. The van der Waals surface area contributed by atoms with Gasteiger partial charge in [-0.2, -0.15) is 0 Å². The van der Waals surface area contributed by atoms with Gasteiger partial charge in [0.25, 0.3) is 11.7 Å². The molecule has 0 aliphatic carbocycles. The maximum absolute atomic E-state index is 13.4. The SMILES string of the molecule is COc1ccc(C(O)=C2C(=O)C(=O)N(CC[NH+]3CCOCC3)C2c2cccc(OC)c2OC)c(C)c1. The number of aliphatic hydroxyl groups is 1. The highest BCUT2D eigenvalue weighted by Crippen LogP contribution is 2.45. The zero-order valence-electron chi connectivity index (χ0n) is 21.1. The van der Waals surface area contributed by atoms with E-state index in [2.05, 4.69) is 0 Å². The van der Waals surface area contributed by atoms with Gasteiger partial charge in [-0.25, -0.2) is 0 Å². The van der Waals surface area contributed by atoms with Crippen molar-refractivity contribution < 1.29 is 38.5 Å². The summed E-state index contributed by atoms with van der Waals surface area (Å²) in [7, 11) is 4.60. The summed E-state index contributed by atoms with van der Waals surface area (Å²) in [4.78, 5) is 29.6. The molecule has 1 unspecified atom stereocenters. The topological polar surface area (TPSA) is 99.0 Å². The van der Waals surface area contributed by atoms with E-state index in [1.807, 2.05) is 6.92 Å². The van der Waals surface area contributed by atoms with Gasteiger partial charge in [0, 0.05) is 11.1 Å². The predicted octanol–water partition coefficient (Wildman–Crippen LogP) is 1.36. The second kappa shape index (κ2) is 11.0. The van der Waals surface area contributed by atoms with Crippen LogP contribution in [0.1, 0.15) is 22.7 Å². The van der Waals surface area contributed by atoms with Crippen LogP contribution in [0.25, 0.3) is 5.76 Å². The van der Waals surface area contributed by atoms with Gasteiger partial charge in [0.05, 0.1) is 59.2 Å². The number of ether oxygens (including phenoxy) is 4. The Morgan fingerprint density at radius 1 is 1.08 bits per heavy atom. The van der Waals surface area contributed by atoms with Gasteiger partial charge >= 0.3 is 0 Å². The number of nitrogens with zero attached hydrogens (tertiary/aromatic N) is 1. The van der Waals surface area contributed by atoms with Gasteiger partial charge in [-0.15, -0.1) is 0 Å². The number of aryl methyl sites for hydroxylation is 1. The number of morpholine rings is 1. The molecular formula is C27H33N2O7+. The maximum atomic E-state index is 13.4. The van der Waals surface area contributed by atoms with Gasteiger partial charge in [0.1, 0.15) is 24.6 Å². The number of Topliss-reactive ketones (excluding diaryl/α,β-unsaturated/α-hetero) is 1. The van der Waals surface area contributed by atoms with Crippen LogP contribution in [-0.2, 0) is 14.3 Å². The minimum atomic E-state index is -0.836. The Morgan fingerprint density at radius 3 is 2.47 bits per heavy atom. The minimum Gasteiger partial charge on any atom is -0.507 e. The third kappa shape index (κ3) is 4.76. The molecule has 9 heteroatoms. The van der Waals surface area contributed by atoms with Crippen LogP contribution in [0, 0.1) is 6.92 Å². The third-order valence-electron chi connectivity index (χ3n) is 6.86. The normalized spacial score (nSPS) is 20.0. The fraction of sp³-hybridized carbons (Fsp3) is 0.407. The van der Waals surface area contributed by atoms with Gasteiger partial charge < -0.3 is 33.9 Å². The average molecular weight is 498 g/mol. The number of hydrogen-bond donors (Lipinski definition) is 2. The van der Waals surface area contributed by atoms with Crippen LogP contribution >= 0.6 is 0 Å². The van der Waals surface area contributed by atoms with Crippen molar-refractivity contribution in [3.8, 4) is 17.2 Å². The lowest BCUT2D eigenvalue weighted by molar-refractivity contribution is -0.907. The summed E-state index contributed by atoms with van der Waals surface area (Å²) in [5.41, 5.74) is 1.77. The van der Waals surface area contributed by atoms with E-state index >= 15 is 0 Å². The number of likely N-dealkylation sites (tertiary alicyclic amines) is 1. The molecule has 1 amide bonds. The number of benzene rings is 2. The Morgan fingerprint density at radius 2 is 1.83 bits per heavy atom. The number of para-hydroxylation sites is 1. The first kappa shape index (κ1) is 25.5. The molecule has 2 aromatic carbocycles. The molecule has 0 radical (unpaired) electrons. The molecule has 192 valence electrons. The Balaban J connectivity index is 1.84. The molecule has 1 atom stereocenters. The van der Waals surface area contributed by atoms with Gasteiger partial charge in [-0.1, -0.05) is 12.1 Å². The van der Waals surface area contributed by atoms with Crippen molar-refractivity contribution >= 4 is 17.4 Å². The van der Waals surface area contributed by atoms with Crippen LogP contribution in [0.3, 0.4) is 0 Å². The van der Waals surface area contributed by atoms with Crippen molar-refractivity contribution in [2.45, 2.75) is 13.0 Å². The number of methoxy groups -OCH3 is 3. The molecule has 0 bridgehead atoms. The zero-order valence-corrected chi connectivity index (χ0v) is 21.1. The van der Waals surface area contributed by atoms with E-state index < -0.39 is 17.7 Å². The average Bonchev–Trinajstić information content (AvgIpc) is 3.16. The molecule has 0 spiro atoms. The lowest BCUT2D eigenvalue weighted by Crippen LogP contribution is -3.14. The van der Waals surface area contributed by atoms with Crippen molar-refractivity contribution in [1.29, 1.82) is 0 Å². The molecule has 2 aliphatic heterocycles. The van der Waals surface area contributed by atoms with E-state index in [1.54, 1.807) is 43.5 Å². The number of aliphatic hydroxyl groups excluding tert-OH is 1. The molecule has 2 fully saturated rings. The van der Waals surface area contributed by atoms with Crippen molar-refractivity contribution in [2.75, 3.05) is 60.7 Å². The number of nitrogens with one attached hydrogen (secondary N) is 1. The molecule has 2 saturated heterocycles. The minimum absolute atomic E-state index is 0.0248. The van der Waals surface area contributed by atoms with E-state index in [-0.39, 0.29) is 11.3 Å². The Bertz CT molecular complexity index is 1170. The van der Waals surface area contributed by atoms with Gasteiger partial charge in [-0.05, 0) is 36.8 Å². The third-order valence-corrected chi connectivity index (χ3v) is 6.86. The smallest absolute Gasteiger partial charge is 0.295 e.